The second kappa shape index (κ2) is 9.71. The fraction of sp³-hybridized carbons (Fsp3) is 0.360. The van der Waals surface area contributed by atoms with Gasteiger partial charge in [0, 0.05) is 0 Å². The molecule has 1 amide bonds. The number of oxazole rings is 1. The number of carbonyl (C=O) groups is 1. The van der Waals surface area contributed by atoms with E-state index in [2.05, 4.69) is 38.8 Å². The van der Waals surface area contributed by atoms with Gasteiger partial charge in [-0.2, -0.15) is 0 Å². The van der Waals surface area contributed by atoms with Gasteiger partial charge in [-0.15, -0.1) is 0 Å². The van der Waals surface area contributed by atoms with Crippen molar-refractivity contribution in [2.75, 3.05) is 0 Å². The molecule has 0 bridgehead atoms. The monoisotopic (exact) mass is 452 g/mol. The van der Waals surface area contributed by atoms with E-state index in [1.807, 2.05) is 54.6 Å². The molecule has 0 radical (unpaired) electrons. The molecule has 1 atom stereocenters. The Morgan fingerprint density at radius 3 is 2.25 bits per heavy atom. The first kappa shape index (κ1) is 23.8. The third-order valence-electron chi connectivity index (χ3n) is 5.88. The molecule has 1 heterocycles. The highest BCUT2D eigenvalue weighted by atomic mass is 28.4. The summed E-state index contributed by atoms with van der Waals surface area (Å²) in [6.07, 6.45) is 2.45. The Labute approximate surface area is 190 Å². The zero-order valence-electron chi connectivity index (χ0n) is 19.4. The van der Waals surface area contributed by atoms with E-state index in [0.29, 0.717) is 12.3 Å². The van der Waals surface area contributed by atoms with Crippen LogP contribution in [-0.2, 0) is 10.8 Å². The van der Waals surface area contributed by atoms with Crippen LogP contribution in [0.15, 0.2) is 65.2 Å². The largest absolute Gasteiger partial charge is 0.457 e. The van der Waals surface area contributed by atoms with Gasteiger partial charge in [0.1, 0.15) is 17.6 Å². The highest BCUT2D eigenvalue weighted by Gasteiger charge is 2.40. The number of hydrogen-bond acceptors (Lipinski definition) is 5. The van der Waals surface area contributed by atoms with E-state index in [1.165, 1.54) is 6.20 Å². The van der Waals surface area contributed by atoms with Gasteiger partial charge in [0.15, 0.2) is 8.32 Å². The molecule has 2 N–H and O–H groups in total. The molecule has 3 rings (SSSR count). The number of para-hydroxylation sites is 1. The molecule has 1 aromatic heterocycles. The molecule has 0 saturated carbocycles. The molecule has 0 aliphatic heterocycles. The van der Waals surface area contributed by atoms with Gasteiger partial charge in [0.25, 0.3) is 5.91 Å². The van der Waals surface area contributed by atoms with E-state index in [-0.39, 0.29) is 16.9 Å². The van der Waals surface area contributed by atoms with Crippen molar-refractivity contribution in [3.63, 3.8) is 0 Å². The summed E-state index contributed by atoms with van der Waals surface area (Å²) < 4.78 is 18.1. The van der Waals surface area contributed by atoms with Gasteiger partial charge in [-0.3, -0.25) is 4.79 Å². The number of aryl methyl sites for hydroxylation is 1. The Hall–Kier alpha value is -2.90. The first-order valence-corrected chi connectivity index (χ1v) is 13.7. The maximum Gasteiger partial charge on any atom is 0.286 e. The molecule has 32 heavy (non-hydrogen) atoms. The van der Waals surface area contributed by atoms with Crippen molar-refractivity contribution in [3.05, 3.63) is 78.0 Å². The predicted molar refractivity (Wildman–Crippen MR) is 127 cm³/mol. The lowest BCUT2D eigenvalue weighted by atomic mass is 10.1. The number of nitrogens with zero attached hydrogens (tertiary/aromatic N) is 1. The van der Waals surface area contributed by atoms with Gasteiger partial charge < -0.3 is 19.3 Å². The Balaban J connectivity index is 1.72. The number of benzene rings is 2. The van der Waals surface area contributed by atoms with E-state index < -0.39 is 14.2 Å². The lowest BCUT2D eigenvalue weighted by Gasteiger charge is -2.38. The lowest BCUT2D eigenvalue weighted by Crippen LogP contribution is -2.42. The van der Waals surface area contributed by atoms with Crippen LogP contribution >= 0.6 is 0 Å². The minimum atomic E-state index is -2.10. The van der Waals surface area contributed by atoms with Gasteiger partial charge in [0.2, 0.25) is 11.7 Å². The lowest BCUT2D eigenvalue weighted by molar-refractivity contribution is 0.0958. The van der Waals surface area contributed by atoms with Crippen molar-refractivity contribution in [2.45, 2.75) is 57.8 Å². The van der Waals surface area contributed by atoms with Crippen molar-refractivity contribution in [3.8, 4) is 11.5 Å². The minimum absolute atomic E-state index is 0.0286. The van der Waals surface area contributed by atoms with Crippen LogP contribution in [0.4, 0.5) is 0 Å². The average molecular weight is 453 g/mol. The molecule has 0 aliphatic carbocycles. The first-order valence-electron chi connectivity index (χ1n) is 10.8. The van der Waals surface area contributed by atoms with Crippen molar-refractivity contribution >= 4 is 14.2 Å². The highest BCUT2D eigenvalue weighted by molar-refractivity contribution is 6.74. The summed E-state index contributed by atoms with van der Waals surface area (Å²) in [5.74, 6) is 1.40. The molecule has 0 fully saturated rings. The normalized spacial score (nSPS) is 13.0. The number of carbonyl (C=O) groups excluding carboxylic acids is 1. The Bertz CT molecular complexity index is 1020. The van der Waals surface area contributed by atoms with E-state index >= 15 is 0 Å². The molecule has 2 aromatic carbocycles. The maximum absolute atomic E-state index is 11.5. The van der Waals surface area contributed by atoms with Gasteiger partial charge in [-0.05, 0) is 60.8 Å². The van der Waals surface area contributed by atoms with Crippen molar-refractivity contribution in [1.29, 1.82) is 0 Å². The summed E-state index contributed by atoms with van der Waals surface area (Å²) in [5.41, 5.74) is 6.49. The summed E-state index contributed by atoms with van der Waals surface area (Å²) in [4.78, 5) is 15.8. The van der Waals surface area contributed by atoms with Gasteiger partial charge in [-0.1, -0.05) is 51.1 Å². The van der Waals surface area contributed by atoms with E-state index in [0.717, 1.165) is 23.5 Å². The minimum Gasteiger partial charge on any atom is -0.457 e. The van der Waals surface area contributed by atoms with E-state index in [1.54, 1.807) is 0 Å². The smallest absolute Gasteiger partial charge is 0.286 e. The number of aromatic nitrogens is 1. The molecule has 6 nitrogen and oxygen atoms in total. The molecule has 3 aromatic rings. The molecular formula is C25H32N2O4Si. The van der Waals surface area contributed by atoms with Crippen LogP contribution in [0.3, 0.4) is 0 Å². The molecular weight excluding hydrogens is 420 g/mol. The van der Waals surface area contributed by atoms with Crippen LogP contribution < -0.4 is 10.5 Å². The highest BCUT2D eigenvalue weighted by Crippen LogP contribution is 2.40. The van der Waals surface area contributed by atoms with Crippen LogP contribution in [0, 0.1) is 0 Å². The fourth-order valence-electron chi connectivity index (χ4n) is 2.96. The quantitative estimate of drug-likeness (QED) is 0.387. The zero-order valence-corrected chi connectivity index (χ0v) is 20.4. The standard InChI is InChI=1S/C25H32N2O4Si/c1-25(2,3)32(4,5)31-21(24-27-17-22(30-24)23(26)28)16-13-18-11-14-20(15-12-18)29-19-9-7-6-8-10-19/h6-12,14-15,17,21H,13,16H2,1-5H3,(H2,26,28). The second-order valence-electron chi connectivity index (χ2n) is 9.39. The Kier molecular flexibility index (Phi) is 7.21. The molecule has 170 valence electrons. The fourth-order valence-corrected chi connectivity index (χ4v) is 4.25. The van der Waals surface area contributed by atoms with Crippen molar-refractivity contribution in [1.82, 2.24) is 4.98 Å². The molecule has 7 heteroatoms. The summed E-state index contributed by atoms with van der Waals surface area (Å²) in [6.45, 7) is 10.9. The van der Waals surface area contributed by atoms with Crippen LogP contribution in [-0.4, -0.2) is 19.2 Å². The average Bonchev–Trinajstić information content (AvgIpc) is 3.23. The summed E-state index contributed by atoms with van der Waals surface area (Å²) in [6, 6.07) is 17.7. The SMILES string of the molecule is CC(C)(C)[Si](C)(C)OC(CCc1ccc(Oc2ccccc2)cc1)c1ncc(C(N)=O)o1. The number of ether oxygens (including phenoxy) is 1. The summed E-state index contributed by atoms with van der Waals surface area (Å²) in [7, 11) is -2.10. The van der Waals surface area contributed by atoms with Crippen LogP contribution in [0.2, 0.25) is 18.1 Å². The van der Waals surface area contributed by atoms with Gasteiger partial charge in [0.05, 0.1) is 6.20 Å². The van der Waals surface area contributed by atoms with E-state index in [9.17, 15) is 4.79 Å². The number of primary amides is 1. The Morgan fingerprint density at radius 1 is 1.06 bits per heavy atom. The Morgan fingerprint density at radius 2 is 1.69 bits per heavy atom. The number of hydrogen-bond donors (Lipinski definition) is 1. The molecule has 0 aliphatic rings. The van der Waals surface area contributed by atoms with Crippen LogP contribution in [0.25, 0.3) is 0 Å². The molecule has 0 spiro atoms. The molecule has 0 saturated heterocycles. The van der Waals surface area contributed by atoms with Gasteiger partial charge >= 0.3 is 0 Å². The third-order valence-corrected chi connectivity index (χ3v) is 10.4. The third kappa shape index (κ3) is 6.08. The number of rotatable bonds is 9. The number of nitrogens with two attached hydrogens (primary N) is 1. The summed E-state index contributed by atoms with van der Waals surface area (Å²) >= 11 is 0. The predicted octanol–water partition coefficient (Wildman–Crippen LogP) is 6.26. The van der Waals surface area contributed by atoms with E-state index in [4.69, 9.17) is 19.3 Å². The maximum atomic E-state index is 11.5. The van der Waals surface area contributed by atoms with Gasteiger partial charge in [-0.25, -0.2) is 4.98 Å². The number of amides is 1. The zero-order chi connectivity index (χ0) is 23.4. The van der Waals surface area contributed by atoms with Crippen molar-refractivity contribution < 1.29 is 18.4 Å². The summed E-state index contributed by atoms with van der Waals surface area (Å²) in [5, 5.41) is 0.0286. The van der Waals surface area contributed by atoms with Crippen molar-refractivity contribution in [2.24, 2.45) is 5.73 Å². The first-order chi connectivity index (χ1) is 15.0. The van der Waals surface area contributed by atoms with Crippen LogP contribution in [0.5, 0.6) is 11.5 Å². The van der Waals surface area contributed by atoms with Crippen LogP contribution in [0.1, 0.15) is 55.3 Å². The topological polar surface area (TPSA) is 87.6 Å². The molecule has 1 unspecified atom stereocenters. The second-order valence-corrected chi connectivity index (χ2v) is 14.1.